The second kappa shape index (κ2) is 10.8. The number of aliphatic carboxylic acids is 1. The monoisotopic (exact) mass is 390 g/mol. The third-order valence-corrected chi connectivity index (χ3v) is 6.39. The molecular weight excluding hydrogens is 356 g/mol. The SMILES string of the molecule is CCCC1(C(O)CC=C[C@H]2[C@H](O)CC(=O)[C@@H]2CC#CCCCC(=O)O)CCC1. The molecule has 0 saturated heterocycles. The van der Waals surface area contributed by atoms with Gasteiger partial charge in [0.05, 0.1) is 12.2 Å². The van der Waals surface area contributed by atoms with Gasteiger partial charge in [0.2, 0.25) is 0 Å². The summed E-state index contributed by atoms with van der Waals surface area (Å²) in [7, 11) is 0. The van der Waals surface area contributed by atoms with Crippen molar-refractivity contribution in [2.45, 2.75) is 89.8 Å². The minimum Gasteiger partial charge on any atom is -0.481 e. The summed E-state index contributed by atoms with van der Waals surface area (Å²) >= 11 is 0. The molecule has 0 bridgehead atoms. The van der Waals surface area contributed by atoms with Crippen molar-refractivity contribution in [2.75, 3.05) is 0 Å². The number of hydrogen-bond donors (Lipinski definition) is 3. The molecule has 0 aromatic heterocycles. The van der Waals surface area contributed by atoms with Gasteiger partial charge in [-0.05, 0) is 37.5 Å². The number of ketones is 1. The lowest BCUT2D eigenvalue weighted by Crippen LogP contribution is -2.41. The van der Waals surface area contributed by atoms with Crippen LogP contribution in [0.15, 0.2) is 12.2 Å². The van der Waals surface area contributed by atoms with E-state index in [2.05, 4.69) is 18.8 Å². The van der Waals surface area contributed by atoms with Crippen LogP contribution in [0.1, 0.15) is 77.6 Å². The Balaban J connectivity index is 1.87. The molecule has 0 heterocycles. The fraction of sp³-hybridized carbons (Fsp3) is 0.739. The first-order valence-electron chi connectivity index (χ1n) is 10.6. The number of hydrogen-bond acceptors (Lipinski definition) is 4. The first-order chi connectivity index (χ1) is 13.4. The molecule has 0 spiro atoms. The first kappa shape index (κ1) is 22.6. The smallest absolute Gasteiger partial charge is 0.303 e. The van der Waals surface area contributed by atoms with Crippen LogP contribution in [0.4, 0.5) is 0 Å². The molecule has 2 fully saturated rings. The predicted octanol–water partition coefficient (Wildman–Crippen LogP) is 3.48. The highest BCUT2D eigenvalue weighted by atomic mass is 16.4. The average molecular weight is 391 g/mol. The molecule has 1 unspecified atom stereocenters. The largest absolute Gasteiger partial charge is 0.481 e. The minimum atomic E-state index is -0.828. The van der Waals surface area contributed by atoms with Crippen molar-refractivity contribution >= 4 is 11.8 Å². The predicted molar refractivity (Wildman–Crippen MR) is 107 cm³/mol. The van der Waals surface area contributed by atoms with E-state index in [4.69, 9.17) is 5.11 Å². The van der Waals surface area contributed by atoms with Crippen molar-refractivity contribution < 1.29 is 24.9 Å². The second-order valence-electron chi connectivity index (χ2n) is 8.37. The molecule has 4 atom stereocenters. The molecule has 0 amide bonds. The van der Waals surface area contributed by atoms with Crippen molar-refractivity contribution in [3.63, 3.8) is 0 Å². The van der Waals surface area contributed by atoms with Crippen molar-refractivity contribution in [2.24, 2.45) is 17.3 Å². The molecule has 2 aliphatic carbocycles. The highest BCUT2D eigenvalue weighted by molar-refractivity contribution is 5.85. The lowest BCUT2D eigenvalue weighted by atomic mass is 9.62. The Kier molecular flexibility index (Phi) is 8.72. The Bertz CT molecular complexity index is 623. The normalized spacial score (nSPS) is 27.2. The molecule has 0 radical (unpaired) electrons. The van der Waals surface area contributed by atoms with E-state index in [1.54, 1.807) is 0 Å². The zero-order chi connectivity index (χ0) is 20.6. The number of aliphatic hydroxyl groups excluding tert-OH is 2. The molecule has 2 rings (SSSR count). The van der Waals surface area contributed by atoms with Gasteiger partial charge in [-0.1, -0.05) is 31.9 Å². The molecule has 5 heteroatoms. The molecule has 2 saturated carbocycles. The minimum absolute atomic E-state index is 0.0315. The van der Waals surface area contributed by atoms with Gasteiger partial charge >= 0.3 is 5.97 Å². The summed E-state index contributed by atoms with van der Waals surface area (Å²) in [5.74, 6) is 4.55. The maximum Gasteiger partial charge on any atom is 0.303 e. The fourth-order valence-electron chi connectivity index (χ4n) is 4.58. The zero-order valence-corrected chi connectivity index (χ0v) is 16.9. The fourth-order valence-corrected chi connectivity index (χ4v) is 4.58. The van der Waals surface area contributed by atoms with E-state index in [1.165, 1.54) is 6.42 Å². The highest BCUT2D eigenvalue weighted by Crippen LogP contribution is 2.48. The lowest BCUT2D eigenvalue weighted by Gasteiger charge is -2.45. The highest BCUT2D eigenvalue weighted by Gasteiger charge is 2.42. The number of aliphatic hydroxyl groups is 2. The van der Waals surface area contributed by atoms with Gasteiger partial charge in [-0.15, -0.1) is 11.8 Å². The zero-order valence-electron chi connectivity index (χ0n) is 16.9. The summed E-state index contributed by atoms with van der Waals surface area (Å²) in [6.45, 7) is 2.15. The quantitative estimate of drug-likeness (QED) is 0.302. The molecule has 156 valence electrons. The molecule has 0 aromatic rings. The van der Waals surface area contributed by atoms with Crippen molar-refractivity contribution in [1.82, 2.24) is 0 Å². The maximum atomic E-state index is 12.2. The summed E-state index contributed by atoms with van der Waals surface area (Å²) < 4.78 is 0. The Morgan fingerprint density at radius 3 is 2.71 bits per heavy atom. The van der Waals surface area contributed by atoms with E-state index in [0.717, 1.165) is 25.7 Å². The van der Waals surface area contributed by atoms with Crippen LogP contribution in [-0.2, 0) is 9.59 Å². The van der Waals surface area contributed by atoms with Crippen LogP contribution >= 0.6 is 0 Å². The topological polar surface area (TPSA) is 94.8 Å². The maximum absolute atomic E-state index is 12.2. The number of rotatable bonds is 10. The van der Waals surface area contributed by atoms with E-state index < -0.39 is 12.1 Å². The Labute approximate surface area is 168 Å². The van der Waals surface area contributed by atoms with Crippen LogP contribution in [0, 0.1) is 29.1 Å². The van der Waals surface area contributed by atoms with E-state index in [0.29, 0.717) is 25.7 Å². The van der Waals surface area contributed by atoms with Gasteiger partial charge in [-0.2, -0.15) is 0 Å². The summed E-state index contributed by atoms with van der Waals surface area (Å²) in [5, 5.41) is 29.5. The van der Waals surface area contributed by atoms with Crippen LogP contribution in [0.5, 0.6) is 0 Å². The third kappa shape index (κ3) is 5.93. The van der Waals surface area contributed by atoms with Crippen molar-refractivity contribution in [3.8, 4) is 11.8 Å². The Morgan fingerprint density at radius 1 is 1.36 bits per heavy atom. The van der Waals surface area contributed by atoms with Gasteiger partial charge in [0.1, 0.15) is 5.78 Å². The summed E-state index contributed by atoms with van der Waals surface area (Å²) in [6.07, 6.45) is 10.5. The number of carbonyl (C=O) groups excluding carboxylic acids is 1. The lowest BCUT2D eigenvalue weighted by molar-refractivity contribution is -0.137. The molecule has 2 aliphatic rings. The van der Waals surface area contributed by atoms with Gasteiger partial charge < -0.3 is 15.3 Å². The van der Waals surface area contributed by atoms with Crippen LogP contribution < -0.4 is 0 Å². The summed E-state index contributed by atoms with van der Waals surface area (Å²) in [5.41, 5.74) is 0.0596. The van der Waals surface area contributed by atoms with Crippen molar-refractivity contribution in [1.29, 1.82) is 0 Å². The Hall–Kier alpha value is -1.64. The van der Waals surface area contributed by atoms with Gasteiger partial charge in [-0.3, -0.25) is 9.59 Å². The van der Waals surface area contributed by atoms with Gasteiger partial charge in [0.25, 0.3) is 0 Å². The second-order valence-corrected chi connectivity index (χ2v) is 8.37. The third-order valence-electron chi connectivity index (χ3n) is 6.39. The van der Waals surface area contributed by atoms with Gasteiger partial charge in [0, 0.05) is 37.5 Å². The molecule has 0 aromatic carbocycles. The number of carbonyl (C=O) groups is 2. The molecule has 5 nitrogen and oxygen atoms in total. The molecule has 3 N–H and O–H groups in total. The summed E-state index contributed by atoms with van der Waals surface area (Å²) in [6, 6.07) is 0. The van der Waals surface area contributed by atoms with Crippen LogP contribution in [0.3, 0.4) is 0 Å². The van der Waals surface area contributed by atoms with E-state index >= 15 is 0 Å². The molecule has 28 heavy (non-hydrogen) atoms. The van der Waals surface area contributed by atoms with E-state index in [9.17, 15) is 19.8 Å². The number of carboxylic acid groups (broad SMARTS) is 1. The number of unbranched alkanes of at least 4 members (excludes halogenated alkanes) is 1. The van der Waals surface area contributed by atoms with E-state index in [1.807, 2.05) is 12.2 Å². The van der Waals surface area contributed by atoms with Crippen LogP contribution in [-0.4, -0.2) is 39.3 Å². The first-order valence-corrected chi connectivity index (χ1v) is 10.6. The summed E-state index contributed by atoms with van der Waals surface area (Å²) in [4.78, 5) is 22.7. The van der Waals surface area contributed by atoms with E-state index in [-0.39, 0.29) is 42.0 Å². The van der Waals surface area contributed by atoms with Crippen molar-refractivity contribution in [3.05, 3.63) is 12.2 Å². The average Bonchev–Trinajstić information content (AvgIpc) is 2.87. The molecular formula is C23H34O5. The van der Waals surface area contributed by atoms with Gasteiger partial charge in [-0.25, -0.2) is 0 Å². The standard InChI is InChI=1S/C23H34O5/c1-2-13-23(14-8-15-23)21(26)11-7-10-18-17(19(24)16-20(18)25)9-5-3-4-6-12-22(27)28/h7,10,17-18,20-21,25-26H,2,4,6,8-9,11-16H2,1H3,(H,27,28)/t17-,18-,20-,21?/m1/s1. The van der Waals surface area contributed by atoms with Crippen LogP contribution in [0.2, 0.25) is 0 Å². The Morgan fingerprint density at radius 2 is 2.11 bits per heavy atom. The number of Topliss-reactive ketones (excluding diaryl/α,β-unsaturated/α-hetero) is 1. The van der Waals surface area contributed by atoms with Crippen LogP contribution in [0.25, 0.3) is 0 Å². The molecule has 0 aliphatic heterocycles. The van der Waals surface area contributed by atoms with Gasteiger partial charge in [0.15, 0.2) is 0 Å². The number of carboxylic acids is 1.